The maximum absolute atomic E-state index is 11.7. The maximum atomic E-state index is 11.7. The predicted octanol–water partition coefficient (Wildman–Crippen LogP) is 0.682. The molecule has 0 aliphatic heterocycles. The first-order chi connectivity index (χ1) is 7.15. The van der Waals surface area contributed by atoms with Crippen molar-refractivity contribution < 1.29 is 9.90 Å². The molecule has 1 amide bonds. The van der Waals surface area contributed by atoms with Crippen molar-refractivity contribution >= 4 is 5.91 Å². The Bertz CT molecular complexity index is 314. The summed E-state index contributed by atoms with van der Waals surface area (Å²) in [6.45, 7) is 3.52. The third-order valence-electron chi connectivity index (χ3n) is 2.24. The summed E-state index contributed by atoms with van der Waals surface area (Å²) in [6.07, 6.45) is 3.35. The van der Waals surface area contributed by atoms with Crippen molar-refractivity contribution in [3.05, 3.63) is 30.1 Å². The van der Waals surface area contributed by atoms with Gasteiger partial charge in [-0.1, -0.05) is 6.07 Å². The van der Waals surface area contributed by atoms with E-state index in [0.29, 0.717) is 0 Å². The molecular weight excluding hydrogens is 192 g/mol. The quantitative estimate of drug-likeness (QED) is 0.765. The van der Waals surface area contributed by atoms with Gasteiger partial charge >= 0.3 is 0 Å². The van der Waals surface area contributed by atoms with Crippen LogP contribution >= 0.6 is 0 Å². The lowest BCUT2D eigenvalue weighted by atomic mass is 10.0. The molecule has 1 rings (SSSR count). The van der Waals surface area contributed by atoms with Crippen LogP contribution in [0.2, 0.25) is 0 Å². The van der Waals surface area contributed by atoms with Gasteiger partial charge in [-0.25, -0.2) is 0 Å². The van der Waals surface area contributed by atoms with Crippen LogP contribution in [0.5, 0.6) is 0 Å². The molecule has 0 saturated carbocycles. The zero-order valence-electron chi connectivity index (χ0n) is 8.97. The fourth-order valence-corrected chi connectivity index (χ4v) is 1.20. The van der Waals surface area contributed by atoms with Gasteiger partial charge in [-0.15, -0.1) is 0 Å². The lowest BCUT2D eigenvalue weighted by molar-refractivity contribution is -0.123. The average molecular weight is 208 g/mol. The predicted molar refractivity (Wildman–Crippen MR) is 57.3 cm³/mol. The Kier molecular flexibility index (Phi) is 4.24. The molecule has 82 valence electrons. The highest BCUT2D eigenvalue weighted by Gasteiger charge is 2.16. The van der Waals surface area contributed by atoms with E-state index < -0.39 is 0 Å². The van der Waals surface area contributed by atoms with Crippen molar-refractivity contribution in [2.45, 2.75) is 25.8 Å². The minimum Gasteiger partial charge on any atom is -0.394 e. The highest BCUT2D eigenvalue weighted by molar-refractivity contribution is 5.83. The van der Waals surface area contributed by atoms with E-state index in [1.165, 1.54) is 0 Å². The fraction of sp³-hybridized carbons (Fsp3) is 0.455. The first-order valence-corrected chi connectivity index (χ1v) is 4.96. The third-order valence-corrected chi connectivity index (χ3v) is 2.24. The largest absolute Gasteiger partial charge is 0.394 e. The summed E-state index contributed by atoms with van der Waals surface area (Å²) in [7, 11) is 0. The number of amides is 1. The molecule has 0 bridgehead atoms. The van der Waals surface area contributed by atoms with Crippen molar-refractivity contribution in [2.75, 3.05) is 6.61 Å². The minimum absolute atomic E-state index is 0.0501. The number of rotatable bonds is 4. The van der Waals surface area contributed by atoms with Crippen LogP contribution < -0.4 is 5.32 Å². The van der Waals surface area contributed by atoms with Crippen LogP contribution in [0, 0.1) is 0 Å². The number of hydrogen-bond donors (Lipinski definition) is 2. The van der Waals surface area contributed by atoms with E-state index >= 15 is 0 Å². The summed E-state index contributed by atoms with van der Waals surface area (Å²) in [5.74, 6) is -0.336. The zero-order chi connectivity index (χ0) is 11.3. The Balaban J connectivity index is 2.61. The second kappa shape index (κ2) is 5.46. The second-order valence-electron chi connectivity index (χ2n) is 3.60. The highest BCUT2D eigenvalue weighted by Crippen LogP contribution is 2.13. The molecule has 0 radical (unpaired) electrons. The first-order valence-electron chi connectivity index (χ1n) is 4.96. The van der Waals surface area contributed by atoms with E-state index in [-0.39, 0.29) is 24.5 Å². The Labute approximate surface area is 89.3 Å². The molecule has 1 aromatic heterocycles. The fourth-order valence-electron chi connectivity index (χ4n) is 1.20. The smallest absolute Gasteiger partial charge is 0.227 e. The van der Waals surface area contributed by atoms with Gasteiger partial charge in [-0.05, 0) is 25.5 Å². The van der Waals surface area contributed by atoms with Crippen LogP contribution in [0.1, 0.15) is 25.3 Å². The number of aliphatic hydroxyl groups excluding tert-OH is 1. The number of carbonyl (C=O) groups is 1. The van der Waals surface area contributed by atoms with Crippen molar-refractivity contribution in [3.63, 3.8) is 0 Å². The molecule has 0 saturated heterocycles. The van der Waals surface area contributed by atoms with E-state index in [9.17, 15) is 4.79 Å². The topological polar surface area (TPSA) is 62.2 Å². The van der Waals surface area contributed by atoms with Crippen LogP contribution in [0.3, 0.4) is 0 Å². The van der Waals surface area contributed by atoms with Crippen molar-refractivity contribution in [1.82, 2.24) is 10.3 Å². The van der Waals surface area contributed by atoms with Crippen molar-refractivity contribution in [1.29, 1.82) is 0 Å². The number of carbonyl (C=O) groups excluding carboxylic acids is 1. The van der Waals surface area contributed by atoms with Crippen LogP contribution in [0.4, 0.5) is 0 Å². The number of nitrogens with one attached hydrogen (secondary N) is 1. The zero-order valence-corrected chi connectivity index (χ0v) is 8.97. The molecule has 15 heavy (non-hydrogen) atoms. The van der Waals surface area contributed by atoms with Gasteiger partial charge in [-0.3, -0.25) is 9.78 Å². The van der Waals surface area contributed by atoms with E-state index in [1.807, 2.05) is 13.0 Å². The highest BCUT2D eigenvalue weighted by atomic mass is 16.3. The summed E-state index contributed by atoms with van der Waals surface area (Å²) in [5, 5.41) is 11.5. The van der Waals surface area contributed by atoms with E-state index in [2.05, 4.69) is 10.3 Å². The Morgan fingerprint density at radius 3 is 2.87 bits per heavy atom. The maximum Gasteiger partial charge on any atom is 0.227 e. The number of hydrogen-bond acceptors (Lipinski definition) is 3. The van der Waals surface area contributed by atoms with Gasteiger partial charge in [0.1, 0.15) is 0 Å². The molecule has 0 aromatic carbocycles. The Morgan fingerprint density at radius 2 is 2.33 bits per heavy atom. The van der Waals surface area contributed by atoms with Crippen molar-refractivity contribution in [3.8, 4) is 0 Å². The summed E-state index contributed by atoms with van der Waals surface area (Å²) in [6, 6.07) is 3.45. The second-order valence-corrected chi connectivity index (χ2v) is 3.60. The molecule has 2 unspecified atom stereocenters. The molecule has 4 heteroatoms. The number of nitrogens with zero attached hydrogens (tertiary/aromatic N) is 1. The number of pyridine rings is 1. The van der Waals surface area contributed by atoms with E-state index in [0.717, 1.165) is 5.56 Å². The number of aromatic nitrogens is 1. The summed E-state index contributed by atoms with van der Waals surface area (Å²) < 4.78 is 0. The van der Waals surface area contributed by atoms with E-state index in [4.69, 9.17) is 5.11 Å². The van der Waals surface area contributed by atoms with Gasteiger partial charge < -0.3 is 10.4 Å². The molecule has 2 N–H and O–H groups in total. The standard InChI is InChI=1S/C11H16N2O2/c1-8(7-14)13-11(15)9(2)10-4-3-5-12-6-10/h3-6,8-9,14H,7H2,1-2H3,(H,13,15). The molecule has 4 nitrogen and oxygen atoms in total. The van der Waals surface area contributed by atoms with Crippen LogP contribution in [0.15, 0.2) is 24.5 Å². The van der Waals surface area contributed by atoms with Crippen LogP contribution in [-0.2, 0) is 4.79 Å². The summed E-state index contributed by atoms with van der Waals surface area (Å²) >= 11 is 0. The lowest BCUT2D eigenvalue weighted by Crippen LogP contribution is -2.37. The molecular formula is C11H16N2O2. The summed E-state index contributed by atoms with van der Waals surface area (Å²) in [4.78, 5) is 15.6. The average Bonchev–Trinajstić information content (AvgIpc) is 2.29. The van der Waals surface area contributed by atoms with Crippen molar-refractivity contribution in [2.24, 2.45) is 0 Å². The number of aliphatic hydroxyl groups is 1. The van der Waals surface area contributed by atoms with E-state index in [1.54, 1.807) is 25.4 Å². The molecule has 0 aliphatic carbocycles. The lowest BCUT2D eigenvalue weighted by Gasteiger charge is -2.15. The molecule has 0 spiro atoms. The summed E-state index contributed by atoms with van der Waals surface area (Å²) in [5.41, 5.74) is 0.875. The van der Waals surface area contributed by atoms with Gasteiger partial charge in [0.25, 0.3) is 0 Å². The molecule has 0 aliphatic rings. The van der Waals surface area contributed by atoms with Gasteiger partial charge in [0.15, 0.2) is 0 Å². The monoisotopic (exact) mass is 208 g/mol. The Hall–Kier alpha value is -1.42. The SMILES string of the molecule is CC(CO)NC(=O)C(C)c1cccnc1. The molecule has 0 fully saturated rings. The molecule has 2 atom stereocenters. The minimum atomic E-state index is -0.243. The van der Waals surface area contributed by atoms with Gasteiger partial charge in [0, 0.05) is 18.4 Å². The van der Waals surface area contributed by atoms with Gasteiger partial charge in [-0.2, -0.15) is 0 Å². The normalized spacial score (nSPS) is 14.3. The van der Waals surface area contributed by atoms with Crippen LogP contribution in [0.25, 0.3) is 0 Å². The first kappa shape index (κ1) is 11.7. The molecule has 1 heterocycles. The van der Waals surface area contributed by atoms with Crippen LogP contribution in [-0.4, -0.2) is 28.6 Å². The van der Waals surface area contributed by atoms with Gasteiger partial charge in [0.05, 0.1) is 12.5 Å². The third kappa shape index (κ3) is 3.32. The Morgan fingerprint density at radius 1 is 1.60 bits per heavy atom. The van der Waals surface area contributed by atoms with Gasteiger partial charge in [0.2, 0.25) is 5.91 Å². The molecule has 1 aromatic rings.